The van der Waals surface area contributed by atoms with Crippen LogP contribution in [0, 0.1) is 17.0 Å². The smallest absolute Gasteiger partial charge is 0.374 e. The van der Waals surface area contributed by atoms with Gasteiger partial charge in [0.05, 0.1) is 18.3 Å². The number of carbonyl (C=O) groups excluding carboxylic acids is 1. The summed E-state index contributed by atoms with van der Waals surface area (Å²) in [4.78, 5) is 22.0. The van der Waals surface area contributed by atoms with Gasteiger partial charge in [-0.05, 0) is 24.6 Å². The zero-order chi connectivity index (χ0) is 15.4. The third kappa shape index (κ3) is 3.19. The van der Waals surface area contributed by atoms with Gasteiger partial charge in [-0.25, -0.2) is 4.79 Å². The Hall–Kier alpha value is -2.83. The van der Waals surface area contributed by atoms with Crippen LogP contribution in [-0.4, -0.2) is 18.0 Å². The molecule has 1 heterocycles. The highest BCUT2D eigenvalue weighted by atomic mass is 16.6. The molecule has 1 aromatic carbocycles. The molecule has 0 atom stereocenters. The average molecular weight is 290 g/mol. The van der Waals surface area contributed by atoms with Crippen molar-refractivity contribution >= 4 is 17.3 Å². The third-order valence-corrected chi connectivity index (χ3v) is 2.94. The highest BCUT2D eigenvalue weighted by Crippen LogP contribution is 2.26. The Balaban J connectivity index is 2.21. The lowest BCUT2D eigenvalue weighted by atomic mass is 10.2. The van der Waals surface area contributed by atoms with Gasteiger partial charge in [0.15, 0.2) is 0 Å². The van der Waals surface area contributed by atoms with Crippen molar-refractivity contribution in [2.75, 3.05) is 12.4 Å². The predicted molar refractivity (Wildman–Crippen MR) is 75.2 cm³/mol. The maximum Gasteiger partial charge on any atom is 0.374 e. The van der Waals surface area contributed by atoms with Gasteiger partial charge >= 0.3 is 5.97 Å². The topological polar surface area (TPSA) is 94.6 Å². The van der Waals surface area contributed by atoms with Crippen LogP contribution in [0.15, 0.2) is 34.9 Å². The molecular formula is C14H14N2O5. The monoisotopic (exact) mass is 290 g/mol. The van der Waals surface area contributed by atoms with E-state index in [1.54, 1.807) is 18.2 Å². The number of furan rings is 1. The van der Waals surface area contributed by atoms with E-state index in [4.69, 9.17) is 4.42 Å². The fraction of sp³-hybridized carbons (Fsp3) is 0.214. The van der Waals surface area contributed by atoms with Crippen LogP contribution in [0.4, 0.5) is 11.4 Å². The molecule has 2 rings (SSSR count). The number of ether oxygens (including phenoxy) is 1. The summed E-state index contributed by atoms with van der Waals surface area (Å²) in [5, 5.41) is 13.9. The minimum atomic E-state index is -0.587. The first kappa shape index (κ1) is 14.6. The fourth-order valence-corrected chi connectivity index (χ4v) is 1.89. The molecule has 0 bridgehead atoms. The number of methoxy groups -OCH3 is 1. The molecule has 1 aromatic heterocycles. The van der Waals surface area contributed by atoms with Crippen molar-refractivity contribution in [2.45, 2.75) is 13.5 Å². The maximum atomic E-state index is 11.5. The van der Waals surface area contributed by atoms with Gasteiger partial charge in [-0.15, -0.1) is 0 Å². The highest BCUT2D eigenvalue weighted by molar-refractivity contribution is 5.88. The molecule has 0 saturated heterocycles. The van der Waals surface area contributed by atoms with E-state index in [2.05, 4.69) is 10.1 Å². The van der Waals surface area contributed by atoms with Crippen LogP contribution in [0.5, 0.6) is 0 Å². The van der Waals surface area contributed by atoms with Crippen LogP contribution in [-0.2, 0) is 11.3 Å². The number of nitro benzene ring substituents is 1. The number of carbonyl (C=O) groups is 1. The average Bonchev–Trinajstić information content (AvgIpc) is 2.92. The van der Waals surface area contributed by atoms with Crippen molar-refractivity contribution in [3.63, 3.8) is 0 Å². The molecule has 0 fully saturated rings. The summed E-state index contributed by atoms with van der Waals surface area (Å²) in [6.45, 7) is 2.05. The van der Waals surface area contributed by atoms with Crippen LogP contribution in [0.25, 0.3) is 0 Å². The summed E-state index contributed by atoms with van der Waals surface area (Å²) in [7, 11) is 1.26. The number of nitrogens with zero attached hydrogens (tertiary/aromatic N) is 1. The summed E-state index contributed by atoms with van der Waals surface area (Å²) in [6, 6.07) is 6.40. The van der Waals surface area contributed by atoms with Gasteiger partial charge in [-0.1, -0.05) is 6.07 Å². The molecule has 0 aliphatic heterocycles. The second-order valence-corrected chi connectivity index (χ2v) is 4.40. The van der Waals surface area contributed by atoms with Gasteiger partial charge in [-0.2, -0.15) is 0 Å². The van der Waals surface area contributed by atoms with E-state index in [0.29, 0.717) is 11.3 Å². The Morgan fingerprint density at radius 2 is 2.19 bits per heavy atom. The molecule has 7 nitrogen and oxygen atoms in total. The number of nitrogens with one attached hydrogen (secondary N) is 1. The van der Waals surface area contributed by atoms with Crippen molar-refractivity contribution in [1.29, 1.82) is 0 Å². The van der Waals surface area contributed by atoms with Crippen LogP contribution in [0.3, 0.4) is 0 Å². The maximum absolute atomic E-state index is 11.5. The molecule has 1 N–H and O–H groups in total. The van der Waals surface area contributed by atoms with Crippen molar-refractivity contribution < 1.29 is 18.9 Å². The van der Waals surface area contributed by atoms with Crippen molar-refractivity contribution in [1.82, 2.24) is 0 Å². The summed E-state index contributed by atoms with van der Waals surface area (Å²) in [5.74, 6) is -0.504. The Labute approximate surface area is 120 Å². The Bertz CT molecular complexity index is 678. The lowest BCUT2D eigenvalue weighted by Gasteiger charge is -2.07. The second-order valence-electron chi connectivity index (χ2n) is 4.40. The summed E-state index contributed by atoms with van der Waals surface area (Å²) < 4.78 is 9.66. The van der Waals surface area contributed by atoms with Gasteiger partial charge in [0.2, 0.25) is 5.76 Å². The largest absolute Gasteiger partial charge is 0.463 e. The Morgan fingerprint density at radius 3 is 2.86 bits per heavy atom. The molecule has 0 radical (unpaired) electrons. The lowest BCUT2D eigenvalue weighted by molar-refractivity contribution is -0.384. The van der Waals surface area contributed by atoms with Crippen LogP contribution in [0.1, 0.15) is 21.7 Å². The Kier molecular flexibility index (Phi) is 4.22. The highest BCUT2D eigenvalue weighted by Gasteiger charge is 2.17. The van der Waals surface area contributed by atoms with Crippen LogP contribution >= 0.6 is 0 Å². The van der Waals surface area contributed by atoms with Crippen molar-refractivity contribution in [2.24, 2.45) is 0 Å². The standard InChI is InChI=1S/C14H14N2O5/c1-9-3-4-12(16(18)19)11(7-9)15-8-10-5-6-21-13(10)14(17)20-2/h3-7,15H,8H2,1-2H3. The summed E-state index contributed by atoms with van der Waals surface area (Å²) >= 11 is 0. The van der Waals surface area contributed by atoms with E-state index >= 15 is 0 Å². The van der Waals surface area contributed by atoms with E-state index in [1.807, 2.05) is 6.92 Å². The number of anilines is 1. The van der Waals surface area contributed by atoms with Crippen molar-refractivity contribution in [3.8, 4) is 0 Å². The minimum Gasteiger partial charge on any atom is -0.463 e. The fourth-order valence-electron chi connectivity index (χ4n) is 1.89. The first-order valence-electron chi connectivity index (χ1n) is 6.16. The lowest BCUT2D eigenvalue weighted by Crippen LogP contribution is -2.08. The number of hydrogen-bond acceptors (Lipinski definition) is 6. The minimum absolute atomic E-state index is 0.0243. The van der Waals surface area contributed by atoms with Gasteiger partial charge in [0.1, 0.15) is 5.69 Å². The van der Waals surface area contributed by atoms with Gasteiger partial charge < -0.3 is 14.5 Å². The van der Waals surface area contributed by atoms with Gasteiger partial charge in [-0.3, -0.25) is 10.1 Å². The second kappa shape index (κ2) is 6.08. The first-order chi connectivity index (χ1) is 10.0. The molecule has 0 unspecified atom stereocenters. The molecule has 0 aliphatic carbocycles. The van der Waals surface area contributed by atoms with Crippen LogP contribution < -0.4 is 5.32 Å². The Morgan fingerprint density at radius 1 is 1.43 bits per heavy atom. The summed E-state index contributed by atoms with van der Waals surface area (Å²) in [6.07, 6.45) is 1.37. The van der Waals surface area contributed by atoms with Crippen LogP contribution in [0.2, 0.25) is 0 Å². The first-order valence-corrected chi connectivity index (χ1v) is 6.16. The predicted octanol–water partition coefficient (Wildman–Crippen LogP) is 2.89. The molecule has 110 valence electrons. The molecule has 7 heteroatoms. The molecule has 0 saturated carbocycles. The number of nitro groups is 1. The molecule has 2 aromatic rings. The molecule has 21 heavy (non-hydrogen) atoms. The normalized spacial score (nSPS) is 10.2. The number of aryl methyl sites for hydroxylation is 1. The zero-order valence-electron chi connectivity index (χ0n) is 11.6. The third-order valence-electron chi connectivity index (χ3n) is 2.94. The number of hydrogen-bond donors (Lipinski definition) is 1. The van der Waals surface area contributed by atoms with E-state index in [0.717, 1.165) is 5.56 Å². The SMILES string of the molecule is COC(=O)c1occc1CNc1cc(C)ccc1[N+](=O)[O-]. The zero-order valence-corrected chi connectivity index (χ0v) is 11.6. The number of benzene rings is 1. The molecule has 0 amide bonds. The number of esters is 1. The van der Waals surface area contributed by atoms with Crippen molar-refractivity contribution in [3.05, 3.63) is 57.5 Å². The summed E-state index contributed by atoms with van der Waals surface area (Å²) in [5.41, 5.74) is 1.82. The molecular weight excluding hydrogens is 276 g/mol. The van der Waals surface area contributed by atoms with E-state index in [-0.39, 0.29) is 18.0 Å². The van der Waals surface area contributed by atoms with Gasteiger partial charge in [0.25, 0.3) is 5.69 Å². The molecule has 0 spiro atoms. The van der Waals surface area contributed by atoms with E-state index in [9.17, 15) is 14.9 Å². The van der Waals surface area contributed by atoms with Gasteiger partial charge in [0, 0.05) is 18.2 Å². The number of rotatable bonds is 5. The molecule has 0 aliphatic rings. The van der Waals surface area contributed by atoms with E-state index < -0.39 is 10.9 Å². The van der Waals surface area contributed by atoms with E-state index in [1.165, 1.54) is 19.4 Å². The quantitative estimate of drug-likeness (QED) is 0.517.